The molecular weight excluding hydrogens is 356 g/mol. The molecule has 5 nitrogen and oxygen atoms in total. The van der Waals surface area contributed by atoms with Crippen LogP contribution in [0.2, 0.25) is 0 Å². The van der Waals surface area contributed by atoms with Crippen molar-refractivity contribution in [2.75, 3.05) is 25.0 Å². The molecule has 1 aromatic carbocycles. The van der Waals surface area contributed by atoms with Crippen molar-refractivity contribution in [3.05, 3.63) is 51.7 Å². The van der Waals surface area contributed by atoms with Crippen LogP contribution in [0, 0.1) is 5.41 Å². The number of amides is 1. The fraction of sp³-hybridized carbons (Fsp3) is 0.429. The third-order valence-corrected chi connectivity index (χ3v) is 6.32. The predicted octanol–water partition coefficient (Wildman–Crippen LogP) is 3.77. The first kappa shape index (κ1) is 18.2. The first-order valence-electron chi connectivity index (χ1n) is 9.74. The molecule has 3 heterocycles. The van der Waals surface area contributed by atoms with E-state index in [-0.39, 0.29) is 11.9 Å². The highest BCUT2D eigenvalue weighted by Gasteiger charge is 2.25. The van der Waals surface area contributed by atoms with Crippen LogP contribution in [0.25, 0.3) is 0 Å². The molecule has 0 bridgehead atoms. The minimum atomic E-state index is 0.0563. The second kappa shape index (κ2) is 8.23. The van der Waals surface area contributed by atoms with E-state index in [4.69, 9.17) is 5.41 Å². The Kier molecular flexibility index (Phi) is 5.55. The van der Waals surface area contributed by atoms with Crippen molar-refractivity contribution in [3.63, 3.8) is 0 Å². The van der Waals surface area contributed by atoms with Gasteiger partial charge in [0.2, 0.25) is 5.91 Å². The van der Waals surface area contributed by atoms with Crippen LogP contribution in [0.15, 0.2) is 35.7 Å². The SMILES string of the molecule is N=C(Nc1ccc2c(c1)C(CC(=O)N1CCCCC1)NCC2)c1cccs1. The van der Waals surface area contributed by atoms with Gasteiger partial charge in [0.15, 0.2) is 0 Å². The number of hydrogen-bond acceptors (Lipinski definition) is 4. The Morgan fingerprint density at radius 2 is 2.11 bits per heavy atom. The van der Waals surface area contributed by atoms with Gasteiger partial charge < -0.3 is 15.5 Å². The number of fused-ring (bicyclic) bond motifs is 1. The molecule has 2 aliphatic rings. The number of carbonyl (C=O) groups excluding carboxylic acids is 1. The van der Waals surface area contributed by atoms with Crippen molar-refractivity contribution in [2.45, 2.75) is 38.1 Å². The van der Waals surface area contributed by atoms with E-state index in [1.807, 2.05) is 28.5 Å². The maximum absolute atomic E-state index is 12.7. The van der Waals surface area contributed by atoms with E-state index >= 15 is 0 Å². The van der Waals surface area contributed by atoms with Crippen LogP contribution in [-0.2, 0) is 11.2 Å². The number of nitrogens with zero attached hydrogens (tertiary/aromatic N) is 1. The van der Waals surface area contributed by atoms with Crippen LogP contribution >= 0.6 is 11.3 Å². The van der Waals surface area contributed by atoms with Crippen LogP contribution < -0.4 is 10.6 Å². The molecule has 0 saturated carbocycles. The maximum Gasteiger partial charge on any atom is 0.224 e. The molecule has 0 spiro atoms. The molecule has 1 atom stereocenters. The molecule has 1 fully saturated rings. The zero-order valence-electron chi connectivity index (χ0n) is 15.5. The zero-order chi connectivity index (χ0) is 18.6. The number of piperidine rings is 1. The summed E-state index contributed by atoms with van der Waals surface area (Å²) in [5.41, 5.74) is 3.40. The lowest BCUT2D eigenvalue weighted by Crippen LogP contribution is -2.39. The zero-order valence-corrected chi connectivity index (χ0v) is 16.3. The molecule has 1 aromatic heterocycles. The first-order valence-corrected chi connectivity index (χ1v) is 10.6. The van der Waals surface area contributed by atoms with Crippen LogP contribution in [-0.4, -0.2) is 36.3 Å². The lowest BCUT2D eigenvalue weighted by molar-refractivity contribution is -0.132. The minimum absolute atomic E-state index is 0.0563. The van der Waals surface area contributed by atoms with Crippen molar-refractivity contribution >= 4 is 28.8 Å². The van der Waals surface area contributed by atoms with Gasteiger partial charge in [-0.2, -0.15) is 0 Å². The third kappa shape index (κ3) is 4.22. The van der Waals surface area contributed by atoms with E-state index in [1.54, 1.807) is 11.3 Å². The predicted molar refractivity (Wildman–Crippen MR) is 111 cm³/mol. The Morgan fingerprint density at radius 1 is 1.26 bits per heavy atom. The van der Waals surface area contributed by atoms with E-state index in [9.17, 15) is 4.79 Å². The Bertz CT molecular complexity index is 812. The van der Waals surface area contributed by atoms with Gasteiger partial charge >= 0.3 is 0 Å². The van der Waals surface area contributed by atoms with Crippen molar-refractivity contribution in [1.82, 2.24) is 10.2 Å². The van der Waals surface area contributed by atoms with Crippen LogP contribution in [0.1, 0.15) is 47.7 Å². The van der Waals surface area contributed by atoms with Crippen LogP contribution in [0.4, 0.5) is 5.69 Å². The third-order valence-electron chi connectivity index (χ3n) is 5.43. The molecule has 4 rings (SSSR count). The highest BCUT2D eigenvalue weighted by Crippen LogP contribution is 2.29. The lowest BCUT2D eigenvalue weighted by atomic mass is 9.91. The number of nitrogens with one attached hydrogen (secondary N) is 3. The molecule has 2 aliphatic heterocycles. The standard InChI is InChI=1S/C21H26N4OS/c22-21(19-5-4-12-27-19)24-16-7-6-15-8-9-23-18(17(15)13-16)14-20(26)25-10-2-1-3-11-25/h4-7,12-13,18,23H,1-3,8-11,14H2,(H2,22,24). The lowest BCUT2D eigenvalue weighted by Gasteiger charge is -2.31. The first-order chi connectivity index (χ1) is 13.2. The monoisotopic (exact) mass is 382 g/mol. The highest BCUT2D eigenvalue weighted by molar-refractivity contribution is 7.12. The summed E-state index contributed by atoms with van der Waals surface area (Å²) in [5, 5.41) is 16.9. The van der Waals surface area contributed by atoms with Crippen molar-refractivity contribution in [1.29, 1.82) is 5.41 Å². The van der Waals surface area contributed by atoms with E-state index in [0.29, 0.717) is 12.3 Å². The second-order valence-electron chi connectivity index (χ2n) is 7.29. The Hall–Kier alpha value is -2.18. The quantitative estimate of drug-likeness (QED) is 0.557. The molecule has 1 unspecified atom stereocenters. The number of amidine groups is 1. The summed E-state index contributed by atoms with van der Waals surface area (Å²) in [6, 6.07) is 10.2. The van der Waals surface area contributed by atoms with Crippen molar-refractivity contribution in [3.8, 4) is 0 Å². The molecule has 0 aliphatic carbocycles. The minimum Gasteiger partial charge on any atom is -0.343 e. The Labute approximate surface area is 164 Å². The fourth-order valence-corrected chi connectivity index (χ4v) is 4.60. The number of benzene rings is 1. The van der Waals surface area contributed by atoms with E-state index in [2.05, 4.69) is 22.8 Å². The largest absolute Gasteiger partial charge is 0.343 e. The average Bonchev–Trinajstić information content (AvgIpc) is 3.24. The Morgan fingerprint density at radius 3 is 2.89 bits per heavy atom. The van der Waals surface area contributed by atoms with Gasteiger partial charge in [0.05, 0.1) is 4.88 Å². The van der Waals surface area contributed by atoms with Crippen LogP contribution in [0.3, 0.4) is 0 Å². The highest BCUT2D eigenvalue weighted by atomic mass is 32.1. The normalized spacial score (nSPS) is 19.4. The van der Waals surface area contributed by atoms with Gasteiger partial charge in [-0.05, 0) is 66.9 Å². The average molecular weight is 383 g/mol. The van der Waals surface area contributed by atoms with Gasteiger partial charge in [0.25, 0.3) is 0 Å². The molecule has 6 heteroatoms. The molecule has 1 saturated heterocycles. The van der Waals surface area contributed by atoms with E-state index in [0.717, 1.165) is 49.5 Å². The van der Waals surface area contributed by atoms with Gasteiger partial charge in [-0.25, -0.2) is 0 Å². The number of thiophene rings is 1. The van der Waals surface area contributed by atoms with E-state index in [1.165, 1.54) is 17.5 Å². The second-order valence-corrected chi connectivity index (χ2v) is 8.24. The van der Waals surface area contributed by atoms with Gasteiger partial charge in [0, 0.05) is 31.2 Å². The number of anilines is 1. The maximum atomic E-state index is 12.7. The number of carbonyl (C=O) groups is 1. The molecular formula is C21H26N4OS. The summed E-state index contributed by atoms with van der Waals surface area (Å²) in [6.45, 7) is 2.71. The Balaban J connectivity index is 1.48. The summed E-state index contributed by atoms with van der Waals surface area (Å²) in [4.78, 5) is 15.7. The van der Waals surface area contributed by atoms with Crippen LogP contribution in [0.5, 0.6) is 0 Å². The van der Waals surface area contributed by atoms with Gasteiger partial charge in [0.1, 0.15) is 5.84 Å². The van der Waals surface area contributed by atoms with E-state index < -0.39 is 0 Å². The molecule has 3 N–H and O–H groups in total. The fourth-order valence-electron chi connectivity index (χ4n) is 3.97. The molecule has 2 aromatic rings. The smallest absolute Gasteiger partial charge is 0.224 e. The van der Waals surface area contributed by atoms with Crippen molar-refractivity contribution in [2.24, 2.45) is 0 Å². The van der Waals surface area contributed by atoms with Gasteiger partial charge in [-0.1, -0.05) is 12.1 Å². The van der Waals surface area contributed by atoms with Crippen molar-refractivity contribution < 1.29 is 4.79 Å². The number of likely N-dealkylation sites (tertiary alicyclic amines) is 1. The summed E-state index contributed by atoms with van der Waals surface area (Å²) in [6.07, 6.45) is 4.98. The van der Waals surface area contributed by atoms with Gasteiger partial charge in [-0.15, -0.1) is 11.3 Å². The summed E-state index contributed by atoms with van der Waals surface area (Å²) in [5.74, 6) is 0.666. The summed E-state index contributed by atoms with van der Waals surface area (Å²) >= 11 is 1.55. The summed E-state index contributed by atoms with van der Waals surface area (Å²) in [7, 11) is 0. The summed E-state index contributed by atoms with van der Waals surface area (Å²) < 4.78 is 0. The topological polar surface area (TPSA) is 68.2 Å². The molecule has 1 amide bonds. The number of hydrogen-bond donors (Lipinski definition) is 3. The number of rotatable bonds is 4. The van der Waals surface area contributed by atoms with Gasteiger partial charge in [-0.3, -0.25) is 10.2 Å². The molecule has 0 radical (unpaired) electrons. The molecule has 142 valence electrons. The molecule has 27 heavy (non-hydrogen) atoms.